The lowest BCUT2D eigenvalue weighted by Crippen LogP contribution is -2.24. The van der Waals surface area contributed by atoms with Gasteiger partial charge in [-0.1, -0.05) is 12.1 Å². The molecule has 0 N–H and O–H groups in total. The lowest BCUT2D eigenvalue weighted by atomic mass is 9.83. The monoisotopic (exact) mass is 274 g/mol. The lowest BCUT2D eigenvalue weighted by molar-refractivity contribution is -0.120. The first kappa shape index (κ1) is 14.6. The predicted molar refractivity (Wildman–Crippen MR) is 78.8 cm³/mol. The summed E-state index contributed by atoms with van der Waals surface area (Å²) in [4.78, 5) is 12.4. The van der Waals surface area contributed by atoms with E-state index in [1.54, 1.807) is 7.11 Å². The number of carbonyl (C=O) groups is 1. The SMILES string of the molecule is CCOC1=C(C)C(=O)C(Cc2ccc(OC)cc2)CC1. The van der Waals surface area contributed by atoms with Crippen LogP contribution in [0, 0.1) is 5.92 Å². The molecule has 1 atom stereocenters. The molecule has 20 heavy (non-hydrogen) atoms. The van der Waals surface area contributed by atoms with Crippen LogP contribution in [0.4, 0.5) is 0 Å². The lowest BCUT2D eigenvalue weighted by Gasteiger charge is -2.24. The van der Waals surface area contributed by atoms with Crippen molar-refractivity contribution in [3.8, 4) is 5.75 Å². The van der Waals surface area contributed by atoms with Crippen LogP contribution in [-0.2, 0) is 16.0 Å². The van der Waals surface area contributed by atoms with Crippen molar-refractivity contribution >= 4 is 5.78 Å². The van der Waals surface area contributed by atoms with Crippen LogP contribution < -0.4 is 4.74 Å². The van der Waals surface area contributed by atoms with Gasteiger partial charge in [0.15, 0.2) is 5.78 Å². The van der Waals surface area contributed by atoms with Crippen LogP contribution in [-0.4, -0.2) is 19.5 Å². The standard InChI is InChI=1S/C17H22O3/c1-4-20-16-10-7-14(17(18)12(16)2)11-13-5-8-15(19-3)9-6-13/h5-6,8-9,14H,4,7,10-11H2,1-3H3. The molecule has 1 aromatic carbocycles. The van der Waals surface area contributed by atoms with E-state index in [1.807, 2.05) is 38.1 Å². The Labute approximate surface area is 120 Å². The topological polar surface area (TPSA) is 35.5 Å². The molecule has 2 rings (SSSR count). The van der Waals surface area contributed by atoms with Crippen LogP contribution >= 0.6 is 0 Å². The molecule has 0 bridgehead atoms. The van der Waals surface area contributed by atoms with Crippen LogP contribution in [0.2, 0.25) is 0 Å². The van der Waals surface area contributed by atoms with E-state index in [-0.39, 0.29) is 11.7 Å². The molecule has 1 aromatic rings. The minimum absolute atomic E-state index is 0.0765. The summed E-state index contributed by atoms with van der Waals surface area (Å²) in [5, 5.41) is 0. The number of hydrogen-bond acceptors (Lipinski definition) is 3. The van der Waals surface area contributed by atoms with Gasteiger partial charge < -0.3 is 9.47 Å². The summed E-state index contributed by atoms with van der Waals surface area (Å²) in [6, 6.07) is 7.94. The van der Waals surface area contributed by atoms with E-state index in [9.17, 15) is 4.79 Å². The molecule has 0 saturated carbocycles. The summed E-state index contributed by atoms with van der Waals surface area (Å²) in [7, 11) is 1.66. The number of ketones is 1. The first-order chi connectivity index (χ1) is 9.65. The van der Waals surface area contributed by atoms with Crippen molar-refractivity contribution in [1.82, 2.24) is 0 Å². The van der Waals surface area contributed by atoms with Crippen molar-refractivity contribution in [2.75, 3.05) is 13.7 Å². The second-order valence-corrected chi connectivity index (χ2v) is 5.13. The van der Waals surface area contributed by atoms with Gasteiger partial charge in [0, 0.05) is 17.9 Å². The molecular weight excluding hydrogens is 252 g/mol. The second kappa shape index (κ2) is 6.60. The molecule has 108 valence electrons. The number of hydrogen-bond donors (Lipinski definition) is 0. The molecule has 0 amide bonds. The number of Topliss-reactive ketones (excluding diaryl/α,β-unsaturated/α-hetero) is 1. The zero-order valence-electron chi connectivity index (χ0n) is 12.4. The Morgan fingerprint density at radius 3 is 2.55 bits per heavy atom. The third kappa shape index (κ3) is 3.21. The summed E-state index contributed by atoms with van der Waals surface area (Å²) in [5.41, 5.74) is 1.98. The van der Waals surface area contributed by atoms with Gasteiger partial charge in [0.1, 0.15) is 11.5 Å². The molecule has 3 heteroatoms. The average Bonchev–Trinajstić information content (AvgIpc) is 2.48. The smallest absolute Gasteiger partial charge is 0.165 e. The van der Waals surface area contributed by atoms with E-state index in [0.29, 0.717) is 6.61 Å². The van der Waals surface area contributed by atoms with E-state index >= 15 is 0 Å². The minimum atomic E-state index is 0.0765. The van der Waals surface area contributed by atoms with Crippen molar-refractivity contribution < 1.29 is 14.3 Å². The van der Waals surface area contributed by atoms with E-state index in [2.05, 4.69) is 0 Å². The largest absolute Gasteiger partial charge is 0.498 e. The molecule has 0 heterocycles. The highest BCUT2D eigenvalue weighted by atomic mass is 16.5. The zero-order valence-corrected chi connectivity index (χ0v) is 12.4. The number of methoxy groups -OCH3 is 1. The zero-order chi connectivity index (χ0) is 14.5. The van der Waals surface area contributed by atoms with Crippen LogP contribution in [0.15, 0.2) is 35.6 Å². The van der Waals surface area contributed by atoms with Crippen LogP contribution in [0.3, 0.4) is 0 Å². The van der Waals surface area contributed by atoms with E-state index < -0.39 is 0 Å². The molecule has 1 aliphatic carbocycles. The van der Waals surface area contributed by atoms with E-state index in [1.165, 1.54) is 5.56 Å². The van der Waals surface area contributed by atoms with Gasteiger partial charge in [0.05, 0.1) is 13.7 Å². The highest BCUT2D eigenvalue weighted by molar-refractivity contribution is 5.98. The average molecular weight is 274 g/mol. The van der Waals surface area contributed by atoms with E-state index in [0.717, 1.165) is 36.3 Å². The van der Waals surface area contributed by atoms with Gasteiger partial charge in [0.25, 0.3) is 0 Å². The third-order valence-corrected chi connectivity index (χ3v) is 3.84. The highest BCUT2D eigenvalue weighted by Crippen LogP contribution is 2.29. The van der Waals surface area contributed by atoms with Gasteiger partial charge in [-0.05, 0) is 44.4 Å². The summed E-state index contributed by atoms with van der Waals surface area (Å²) in [6.45, 7) is 4.46. The Balaban J connectivity index is 2.05. The number of benzene rings is 1. The molecule has 0 saturated heterocycles. The maximum atomic E-state index is 12.4. The van der Waals surface area contributed by atoms with Crippen LogP contribution in [0.25, 0.3) is 0 Å². The fourth-order valence-corrected chi connectivity index (χ4v) is 2.66. The van der Waals surface area contributed by atoms with Gasteiger partial charge >= 0.3 is 0 Å². The normalized spacial score (nSPS) is 19.1. The van der Waals surface area contributed by atoms with Gasteiger partial charge in [-0.2, -0.15) is 0 Å². The minimum Gasteiger partial charge on any atom is -0.498 e. The Kier molecular flexibility index (Phi) is 4.83. The number of carbonyl (C=O) groups excluding carboxylic acids is 1. The molecule has 0 aliphatic heterocycles. The predicted octanol–water partition coefficient (Wildman–Crippen LogP) is 3.53. The molecule has 1 unspecified atom stereocenters. The maximum Gasteiger partial charge on any atom is 0.165 e. The number of ether oxygens (including phenoxy) is 2. The summed E-state index contributed by atoms with van der Waals surface area (Å²) >= 11 is 0. The summed E-state index contributed by atoms with van der Waals surface area (Å²) < 4.78 is 10.7. The van der Waals surface area contributed by atoms with Gasteiger partial charge in [-0.3, -0.25) is 4.79 Å². The Morgan fingerprint density at radius 1 is 1.25 bits per heavy atom. The summed E-state index contributed by atoms with van der Waals surface area (Å²) in [5.74, 6) is 2.03. The van der Waals surface area contributed by atoms with Crippen molar-refractivity contribution in [2.24, 2.45) is 5.92 Å². The Bertz CT molecular complexity index is 499. The van der Waals surface area contributed by atoms with Crippen molar-refractivity contribution in [3.63, 3.8) is 0 Å². The molecule has 0 radical (unpaired) electrons. The third-order valence-electron chi connectivity index (χ3n) is 3.84. The van der Waals surface area contributed by atoms with Crippen molar-refractivity contribution in [1.29, 1.82) is 0 Å². The fourth-order valence-electron chi connectivity index (χ4n) is 2.66. The first-order valence-corrected chi connectivity index (χ1v) is 7.15. The van der Waals surface area contributed by atoms with Crippen molar-refractivity contribution in [3.05, 3.63) is 41.2 Å². The molecule has 1 aliphatic rings. The Hall–Kier alpha value is -1.77. The van der Waals surface area contributed by atoms with Crippen LogP contribution in [0.1, 0.15) is 32.3 Å². The number of allylic oxidation sites excluding steroid dienone is 2. The second-order valence-electron chi connectivity index (χ2n) is 5.13. The first-order valence-electron chi connectivity index (χ1n) is 7.15. The van der Waals surface area contributed by atoms with Gasteiger partial charge in [-0.25, -0.2) is 0 Å². The summed E-state index contributed by atoms with van der Waals surface area (Å²) in [6.07, 6.45) is 2.53. The molecule has 0 fully saturated rings. The fraction of sp³-hybridized carbons (Fsp3) is 0.471. The molecule has 0 spiro atoms. The van der Waals surface area contributed by atoms with Crippen LogP contribution in [0.5, 0.6) is 5.75 Å². The number of rotatable bonds is 5. The molecule has 3 nitrogen and oxygen atoms in total. The Morgan fingerprint density at radius 2 is 1.95 bits per heavy atom. The van der Waals surface area contributed by atoms with Gasteiger partial charge in [-0.15, -0.1) is 0 Å². The van der Waals surface area contributed by atoms with Crippen molar-refractivity contribution in [2.45, 2.75) is 33.1 Å². The quantitative estimate of drug-likeness (QED) is 0.824. The highest BCUT2D eigenvalue weighted by Gasteiger charge is 2.28. The molecular formula is C17H22O3. The molecule has 0 aromatic heterocycles. The van der Waals surface area contributed by atoms with Gasteiger partial charge in [0.2, 0.25) is 0 Å². The van der Waals surface area contributed by atoms with E-state index in [4.69, 9.17) is 9.47 Å². The maximum absolute atomic E-state index is 12.4.